The zero-order valence-corrected chi connectivity index (χ0v) is 9.38. The first-order chi connectivity index (χ1) is 4.56. The molecule has 74 valence electrons. The van der Waals surface area contributed by atoms with Gasteiger partial charge in [0.05, 0.1) is 0 Å². The molecular weight excluding hydrogens is 154 g/mol. The van der Waals surface area contributed by atoms with Crippen LogP contribution < -0.4 is 0 Å². The van der Waals surface area contributed by atoms with E-state index in [2.05, 4.69) is 13.8 Å². The summed E-state index contributed by atoms with van der Waals surface area (Å²) in [6, 6.07) is 0. The van der Waals surface area contributed by atoms with Crippen LogP contribution in [0.2, 0.25) is 0 Å². The Kier molecular flexibility index (Phi) is 64.8. The van der Waals surface area contributed by atoms with Crippen molar-refractivity contribution in [1.29, 1.82) is 0 Å². The van der Waals surface area contributed by atoms with Gasteiger partial charge in [-0.25, -0.2) is 0 Å². The summed E-state index contributed by atoms with van der Waals surface area (Å²) < 4.78 is 0. The first-order valence-corrected chi connectivity index (χ1v) is 5.21. The molecule has 2 heteroatoms. The molecule has 0 amide bonds. The van der Waals surface area contributed by atoms with Crippen LogP contribution in [-0.2, 0) is 0 Å². The number of hydrogen-bond donors (Lipinski definition) is 0. The van der Waals surface area contributed by atoms with Gasteiger partial charge in [-0.2, -0.15) is 11.8 Å². The topological polar surface area (TPSA) is 3.24 Å². The minimum atomic E-state index is 0. The molecule has 0 aliphatic heterocycles. The fraction of sp³-hybridized carbons (Fsp3) is 1.00. The molecule has 0 unspecified atom stereocenters. The van der Waals surface area contributed by atoms with Crippen molar-refractivity contribution < 1.29 is 0 Å². The summed E-state index contributed by atoms with van der Waals surface area (Å²) >= 11 is 1.75. The molecule has 0 saturated heterocycles. The van der Waals surface area contributed by atoms with Crippen LogP contribution in [0.15, 0.2) is 0 Å². The molecule has 0 aliphatic rings. The van der Waals surface area contributed by atoms with Crippen molar-refractivity contribution in [2.75, 3.05) is 33.7 Å². The van der Waals surface area contributed by atoms with Crippen molar-refractivity contribution >= 4 is 11.8 Å². The zero-order valence-electron chi connectivity index (χ0n) is 8.56. The molecule has 0 aromatic rings. The maximum absolute atomic E-state index is 2.12. The summed E-state index contributed by atoms with van der Waals surface area (Å²) in [5.41, 5.74) is 0. The third-order valence-electron chi connectivity index (χ3n) is 0. The summed E-state index contributed by atoms with van der Waals surface area (Å²) in [7, 11) is 6.00. The molecule has 0 radical (unpaired) electrons. The lowest BCUT2D eigenvalue weighted by atomic mass is 10.6. The number of hydrogen-bond acceptors (Lipinski definition) is 2. The molecule has 0 aromatic heterocycles. The Morgan fingerprint density at radius 3 is 1.00 bits per heavy atom. The van der Waals surface area contributed by atoms with Crippen LogP contribution in [0.5, 0.6) is 0 Å². The lowest BCUT2D eigenvalue weighted by Crippen LogP contribution is -1.99. The number of nitrogens with zero attached hydrogens (tertiary/aromatic N) is 1. The standard InChI is InChI=1S/C3H9N.C3H8.C2H6S.CH4/c1-4(2)3;2*1-3-2;/h1-3H3;3H2,1-2H3;1-2H3;1H4. The van der Waals surface area contributed by atoms with Gasteiger partial charge < -0.3 is 4.90 Å². The van der Waals surface area contributed by atoms with E-state index in [1.165, 1.54) is 6.42 Å². The lowest BCUT2D eigenvalue weighted by molar-refractivity contribution is 0.505. The van der Waals surface area contributed by atoms with Gasteiger partial charge in [0.1, 0.15) is 0 Å². The third kappa shape index (κ3) is 7410. The molecule has 0 rings (SSSR count). The van der Waals surface area contributed by atoms with Gasteiger partial charge in [0, 0.05) is 0 Å². The Morgan fingerprint density at radius 2 is 1.00 bits per heavy atom. The monoisotopic (exact) mass is 181 g/mol. The third-order valence-corrected chi connectivity index (χ3v) is 0. The van der Waals surface area contributed by atoms with Crippen LogP contribution in [0, 0.1) is 0 Å². The Hall–Kier alpha value is 0.310. The average molecular weight is 181 g/mol. The Bertz CT molecular complexity index is 26.0. The quantitative estimate of drug-likeness (QED) is 0.564. The van der Waals surface area contributed by atoms with Gasteiger partial charge in [-0.3, -0.25) is 0 Å². The molecule has 0 heterocycles. The normalized spacial score (nSPS) is 6.55. The van der Waals surface area contributed by atoms with Crippen molar-refractivity contribution in [3.05, 3.63) is 0 Å². The predicted octanol–water partition coefficient (Wildman–Crippen LogP) is 3.21. The second-order valence-corrected chi connectivity index (χ2v) is 3.27. The summed E-state index contributed by atoms with van der Waals surface area (Å²) in [5.74, 6) is 0. The molecule has 0 spiro atoms. The highest BCUT2D eigenvalue weighted by molar-refractivity contribution is 7.97. The fourth-order valence-electron chi connectivity index (χ4n) is 0. The lowest BCUT2D eigenvalue weighted by Gasteiger charge is -1.90. The van der Waals surface area contributed by atoms with Crippen molar-refractivity contribution in [1.82, 2.24) is 4.90 Å². The van der Waals surface area contributed by atoms with E-state index >= 15 is 0 Å². The second-order valence-electron chi connectivity index (χ2n) is 2.46. The van der Waals surface area contributed by atoms with E-state index in [1.54, 1.807) is 11.8 Å². The van der Waals surface area contributed by atoms with E-state index < -0.39 is 0 Å². The van der Waals surface area contributed by atoms with Gasteiger partial charge in [-0.1, -0.05) is 27.7 Å². The molecule has 1 nitrogen and oxygen atoms in total. The summed E-state index contributed by atoms with van der Waals surface area (Å²) in [6.07, 6.45) is 5.33. The van der Waals surface area contributed by atoms with Gasteiger partial charge in [0.25, 0.3) is 0 Å². The first kappa shape index (κ1) is 22.5. The molecule has 0 N–H and O–H groups in total. The molecule has 0 aliphatic carbocycles. The minimum absolute atomic E-state index is 0. The maximum Gasteiger partial charge on any atom is -0.0140 e. The molecule has 0 atom stereocenters. The van der Waals surface area contributed by atoms with Crippen molar-refractivity contribution in [3.63, 3.8) is 0 Å². The van der Waals surface area contributed by atoms with E-state index in [1.807, 2.05) is 38.6 Å². The highest BCUT2D eigenvalue weighted by Gasteiger charge is 1.58. The van der Waals surface area contributed by atoms with E-state index in [9.17, 15) is 0 Å². The Labute approximate surface area is 78.6 Å². The van der Waals surface area contributed by atoms with Crippen LogP contribution in [0.1, 0.15) is 27.7 Å². The van der Waals surface area contributed by atoms with Crippen LogP contribution >= 0.6 is 11.8 Å². The molecule has 0 bridgehead atoms. The highest BCUT2D eigenvalue weighted by Crippen LogP contribution is 1.70. The van der Waals surface area contributed by atoms with Gasteiger partial charge >= 0.3 is 0 Å². The SMILES string of the molecule is C.CCC.CN(C)C.CSC. The molecule has 0 aromatic carbocycles. The Balaban J connectivity index is -0.0000000325. The molecule has 11 heavy (non-hydrogen) atoms. The number of rotatable bonds is 0. The van der Waals surface area contributed by atoms with Gasteiger partial charge in [-0.15, -0.1) is 0 Å². The summed E-state index contributed by atoms with van der Waals surface area (Å²) in [6.45, 7) is 4.25. The first-order valence-electron chi connectivity index (χ1n) is 3.57. The molecule has 0 fully saturated rings. The van der Waals surface area contributed by atoms with Gasteiger partial charge in [-0.05, 0) is 33.7 Å². The number of thioether (sulfide) groups is 1. The van der Waals surface area contributed by atoms with Crippen molar-refractivity contribution in [3.8, 4) is 0 Å². The smallest absolute Gasteiger partial charge is 0.0140 e. The minimum Gasteiger partial charge on any atom is -0.312 e. The van der Waals surface area contributed by atoms with E-state index in [0.717, 1.165) is 0 Å². The van der Waals surface area contributed by atoms with Gasteiger partial charge in [0.15, 0.2) is 0 Å². The van der Waals surface area contributed by atoms with E-state index in [4.69, 9.17) is 0 Å². The van der Waals surface area contributed by atoms with Crippen LogP contribution in [0.3, 0.4) is 0 Å². The molecule has 0 saturated carbocycles. The van der Waals surface area contributed by atoms with Gasteiger partial charge in [0.2, 0.25) is 0 Å². The fourth-order valence-corrected chi connectivity index (χ4v) is 0. The van der Waals surface area contributed by atoms with E-state index in [0.29, 0.717) is 0 Å². The average Bonchev–Trinajstić information content (AvgIpc) is 1.65. The molecular formula is C9H27NS. The maximum atomic E-state index is 2.12. The van der Waals surface area contributed by atoms with Crippen LogP contribution in [0.25, 0.3) is 0 Å². The Morgan fingerprint density at radius 1 is 1.00 bits per heavy atom. The second kappa shape index (κ2) is 31.7. The summed E-state index contributed by atoms with van der Waals surface area (Å²) in [4.78, 5) is 2.00. The van der Waals surface area contributed by atoms with Crippen LogP contribution in [0.4, 0.5) is 0 Å². The highest BCUT2D eigenvalue weighted by atomic mass is 32.2. The van der Waals surface area contributed by atoms with Crippen molar-refractivity contribution in [2.45, 2.75) is 27.7 Å². The summed E-state index contributed by atoms with van der Waals surface area (Å²) in [5, 5.41) is 0. The predicted molar refractivity (Wildman–Crippen MR) is 61.7 cm³/mol. The van der Waals surface area contributed by atoms with E-state index in [-0.39, 0.29) is 7.43 Å². The zero-order chi connectivity index (χ0) is 8.99. The largest absolute Gasteiger partial charge is 0.312 e. The van der Waals surface area contributed by atoms with Crippen LogP contribution in [-0.4, -0.2) is 38.6 Å². The van der Waals surface area contributed by atoms with Crippen molar-refractivity contribution in [2.24, 2.45) is 0 Å².